The van der Waals surface area contributed by atoms with Crippen LogP contribution in [0.25, 0.3) is 0 Å². The predicted molar refractivity (Wildman–Crippen MR) is 77.9 cm³/mol. The van der Waals surface area contributed by atoms with Gasteiger partial charge < -0.3 is 15.5 Å². The molecule has 6 nitrogen and oxygen atoms in total. The summed E-state index contributed by atoms with van der Waals surface area (Å²) in [4.78, 5) is 35.4. The quantitative estimate of drug-likeness (QED) is 0.497. The summed E-state index contributed by atoms with van der Waals surface area (Å²) < 4.78 is 0. The first-order chi connectivity index (χ1) is 9.34. The molecule has 6 heteroatoms. The van der Waals surface area contributed by atoms with Crippen molar-refractivity contribution < 1.29 is 14.4 Å². The van der Waals surface area contributed by atoms with Crippen LogP contribution in [0.4, 0.5) is 0 Å². The molecule has 3 amide bonds. The molecule has 0 aliphatic carbocycles. The molecule has 20 heavy (non-hydrogen) atoms. The van der Waals surface area contributed by atoms with Gasteiger partial charge in [0.2, 0.25) is 18.2 Å². The van der Waals surface area contributed by atoms with E-state index in [1.54, 1.807) is 24.9 Å². The molecule has 0 aliphatic heterocycles. The minimum atomic E-state index is -0.198. The summed E-state index contributed by atoms with van der Waals surface area (Å²) in [7, 11) is 1.67. The summed E-state index contributed by atoms with van der Waals surface area (Å²) in [6.45, 7) is 8.05. The van der Waals surface area contributed by atoms with Crippen molar-refractivity contribution in [3.63, 3.8) is 0 Å². The highest BCUT2D eigenvalue weighted by Gasteiger charge is 2.21. The van der Waals surface area contributed by atoms with Gasteiger partial charge in [0.15, 0.2) is 0 Å². The Morgan fingerprint density at radius 2 is 1.90 bits per heavy atom. The van der Waals surface area contributed by atoms with Gasteiger partial charge >= 0.3 is 0 Å². The van der Waals surface area contributed by atoms with Crippen molar-refractivity contribution in [3.05, 3.63) is 11.6 Å². The van der Waals surface area contributed by atoms with Gasteiger partial charge in [-0.3, -0.25) is 14.4 Å². The minimum absolute atomic E-state index is 0.0444. The van der Waals surface area contributed by atoms with Gasteiger partial charge in [0.05, 0.1) is 12.6 Å². The zero-order valence-corrected chi connectivity index (χ0v) is 12.9. The Balaban J connectivity index is 4.96. The third-order valence-electron chi connectivity index (χ3n) is 2.98. The lowest BCUT2D eigenvalue weighted by Gasteiger charge is -2.29. The highest BCUT2D eigenvalue weighted by atomic mass is 16.2. The number of nitrogens with zero attached hydrogens (tertiary/aromatic N) is 1. The first kappa shape index (κ1) is 18.1. The molecule has 0 spiro atoms. The van der Waals surface area contributed by atoms with Crippen LogP contribution in [0, 0.1) is 5.92 Å². The summed E-state index contributed by atoms with van der Waals surface area (Å²) >= 11 is 0. The van der Waals surface area contributed by atoms with Crippen molar-refractivity contribution >= 4 is 18.2 Å². The van der Waals surface area contributed by atoms with Crippen molar-refractivity contribution in [2.24, 2.45) is 5.92 Å². The summed E-state index contributed by atoms with van der Waals surface area (Å²) in [6.07, 6.45) is 2.28. The molecule has 0 bridgehead atoms. The van der Waals surface area contributed by atoms with Crippen LogP contribution in [0.3, 0.4) is 0 Å². The van der Waals surface area contributed by atoms with Crippen molar-refractivity contribution in [1.82, 2.24) is 15.5 Å². The molecule has 0 saturated carbocycles. The van der Waals surface area contributed by atoms with Gasteiger partial charge in [0, 0.05) is 19.2 Å². The Morgan fingerprint density at radius 1 is 1.30 bits per heavy atom. The molecule has 0 fully saturated rings. The molecule has 0 unspecified atom stereocenters. The van der Waals surface area contributed by atoms with Gasteiger partial charge in [-0.05, 0) is 19.8 Å². The normalized spacial score (nSPS) is 12.8. The third-order valence-corrected chi connectivity index (χ3v) is 2.98. The zero-order chi connectivity index (χ0) is 15.7. The van der Waals surface area contributed by atoms with Crippen molar-refractivity contribution in [1.29, 1.82) is 0 Å². The maximum atomic E-state index is 11.9. The number of rotatable bonds is 8. The Morgan fingerprint density at radius 3 is 2.35 bits per heavy atom. The van der Waals surface area contributed by atoms with E-state index in [1.807, 2.05) is 20.8 Å². The van der Waals surface area contributed by atoms with E-state index in [9.17, 15) is 14.4 Å². The standard InChI is InChI=1S/C14H25N3O3/c1-6-16-14(20)11(4)7-12(10(2)3)17(5)13(19)8-15-9-18/h7,9-10,12H,6,8H2,1-5H3,(H,15,18)(H,16,20)/b11-7+/t12-/m1/s1. The van der Waals surface area contributed by atoms with Crippen LogP contribution in [0.15, 0.2) is 11.6 Å². The zero-order valence-electron chi connectivity index (χ0n) is 12.9. The monoisotopic (exact) mass is 283 g/mol. The molecule has 114 valence electrons. The summed E-state index contributed by atoms with van der Waals surface area (Å²) in [6, 6.07) is -0.196. The highest BCUT2D eigenvalue weighted by molar-refractivity contribution is 5.93. The smallest absolute Gasteiger partial charge is 0.246 e. The van der Waals surface area contributed by atoms with Crippen LogP contribution in [-0.4, -0.2) is 49.3 Å². The maximum Gasteiger partial charge on any atom is 0.246 e. The summed E-state index contributed by atoms with van der Waals surface area (Å²) in [5.41, 5.74) is 0.577. The fourth-order valence-corrected chi connectivity index (χ4v) is 1.80. The first-order valence-corrected chi connectivity index (χ1v) is 6.74. The second-order valence-corrected chi connectivity index (χ2v) is 4.95. The van der Waals surface area contributed by atoms with Gasteiger partial charge in [-0.25, -0.2) is 0 Å². The second-order valence-electron chi connectivity index (χ2n) is 4.95. The highest BCUT2D eigenvalue weighted by Crippen LogP contribution is 2.13. The summed E-state index contributed by atoms with van der Waals surface area (Å²) in [5, 5.41) is 5.07. The van der Waals surface area contributed by atoms with Crippen molar-refractivity contribution in [3.8, 4) is 0 Å². The second kappa shape index (κ2) is 9.12. The summed E-state index contributed by atoms with van der Waals surface area (Å²) in [5.74, 6) is -0.176. The predicted octanol–water partition coefficient (Wildman–Crippen LogP) is 0.298. The van der Waals surface area contributed by atoms with Gasteiger partial charge in [0.25, 0.3) is 0 Å². The SMILES string of the molecule is CCNC(=O)/C(C)=C/[C@H](C(C)C)N(C)C(=O)CNC=O. The number of nitrogens with one attached hydrogen (secondary N) is 2. The molecule has 0 aromatic rings. The average Bonchev–Trinajstić information content (AvgIpc) is 2.40. The van der Waals surface area contributed by atoms with Crippen LogP contribution in [0.2, 0.25) is 0 Å². The molecule has 1 atom stereocenters. The molecule has 0 aromatic carbocycles. The number of hydrogen-bond acceptors (Lipinski definition) is 3. The lowest BCUT2D eigenvalue weighted by atomic mass is 10.00. The molecule has 0 saturated heterocycles. The molecular weight excluding hydrogens is 258 g/mol. The van der Waals surface area contributed by atoms with E-state index in [0.717, 1.165) is 0 Å². The molecule has 0 rings (SSSR count). The van der Waals surface area contributed by atoms with E-state index in [0.29, 0.717) is 18.5 Å². The van der Waals surface area contributed by atoms with Crippen LogP contribution in [0.1, 0.15) is 27.7 Å². The van der Waals surface area contributed by atoms with Gasteiger partial charge in [0.1, 0.15) is 0 Å². The topological polar surface area (TPSA) is 78.5 Å². The van der Waals surface area contributed by atoms with Gasteiger partial charge in [-0.2, -0.15) is 0 Å². The fraction of sp³-hybridized carbons (Fsp3) is 0.643. The van der Waals surface area contributed by atoms with Crippen molar-refractivity contribution in [2.45, 2.75) is 33.7 Å². The van der Waals surface area contributed by atoms with Crippen LogP contribution < -0.4 is 10.6 Å². The molecule has 0 aromatic heterocycles. The van der Waals surface area contributed by atoms with Crippen LogP contribution >= 0.6 is 0 Å². The number of amides is 3. The number of carbonyl (C=O) groups excluding carboxylic acids is 3. The third kappa shape index (κ3) is 5.86. The molecular formula is C14H25N3O3. The maximum absolute atomic E-state index is 11.9. The largest absolute Gasteiger partial charge is 0.353 e. The molecule has 0 heterocycles. The Bertz CT molecular complexity index is 378. The Labute approximate surface area is 120 Å². The van der Waals surface area contributed by atoms with E-state index in [1.165, 1.54) is 0 Å². The van der Waals surface area contributed by atoms with E-state index in [2.05, 4.69) is 10.6 Å². The molecule has 0 radical (unpaired) electrons. The van der Waals surface area contributed by atoms with Crippen molar-refractivity contribution in [2.75, 3.05) is 20.1 Å². The lowest BCUT2D eigenvalue weighted by Crippen LogP contribution is -2.43. The molecule has 0 aliphatic rings. The molecule has 2 N–H and O–H groups in total. The first-order valence-electron chi connectivity index (χ1n) is 6.74. The minimum Gasteiger partial charge on any atom is -0.353 e. The van der Waals surface area contributed by atoms with Gasteiger partial charge in [-0.15, -0.1) is 0 Å². The van der Waals surface area contributed by atoms with E-state index in [4.69, 9.17) is 0 Å². The lowest BCUT2D eigenvalue weighted by molar-refractivity contribution is -0.132. The van der Waals surface area contributed by atoms with E-state index >= 15 is 0 Å². The number of carbonyl (C=O) groups is 3. The Hall–Kier alpha value is -1.85. The van der Waals surface area contributed by atoms with Crippen LogP contribution in [0.5, 0.6) is 0 Å². The number of hydrogen-bond donors (Lipinski definition) is 2. The average molecular weight is 283 g/mol. The fourth-order valence-electron chi connectivity index (χ4n) is 1.80. The van der Waals surface area contributed by atoms with E-state index < -0.39 is 0 Å². The number of likely N-dealkylation sites (N-methyl/N-ethyl adjacent to an activating group) is 2. The van der Waals surface area contributed by atoms with Crippen LogP contribution in [-0.2, 0) is 14.4 Å². The van der Waals surface area contributed by atoms with Gasteiger partial charge in [-0.1, -0.05) is 19.9 Å². The Kier molecular flexibility index (Phi) is 8.27. The van der Waals surface area contributed by atoms with E-state index in [-0.39, 0.29) is 30.3 Å².